The largest absolute Gasteiger partial charge is 0.352 e. The zero-order valence-corrected chi connectivity index (χ0v) is 15.9. The maximum absolute atomic E-state index is 13.1. The minimum absolute atomic E-state index is 0.198. The van der Waals surface area contributed by atoms with Crippen LogP contribution in [0.5, 0.6) is 0 Å². The highest BCUT2D eigenvalue weighted by Crippen LogP contribution is 2.36. The van der Waals surface area contributed by atoms with Crippen LogP contribution in [0.15, 0.2) is 64.3 Å². The molecule has 0 fully saturated rings. The van der Waals surface area contributed by atoms with Crippen LogP contribution in [0.2, 0.25) is 0 Å². The number of carbonyl (C=O) groups is 2. The van der Waals surface area contributed by atoms with Gasteiger partial charge in [-0.25, -0.2) is 9.18 Å². The van der Waals surface area contributed by atoms with Gasteiger partial charge in [0.05, 0.1) is 17.3 Å². The maximum Gasteiger partial charge on any atom is 0.327 e. The Bertz CT molecular complexity index is 942. The second-order valence-corrected chi connectivity index (χ2v) is 7.35. The first kappa shape index (κ1) is 17.7. The van der Waals surface area contributed by atoms with E-state index in [4.69, 9.17) is 0 Å². The molecule has 0 bridgehead atoms. The Morgan fingerprint density at radius 3 is 2.67 bits per heavy atom. The molecule has 2 aromatic rings. The molecule has 2 aliphatic rings. The van der Waals surface area contributed by atoms with Gasteiger partial charge in [-0.05, 0) is 35.4 Å². The second-order valence-electron chi connectivity index (χ2n) is 6.44. The Kier molecular flexibility index (Phi) is 4.70. The molecular formula is C20H17BrFN3O2. The average Bonchev–Trinajstić information content (AvgIpc) is 2.68. The van der Waals surface area contributed by atoms with E-state index in [-0.39, 0.29) is 11.9 Å². The van der Waals surface area contributed by atoms with Crippen molar-refractivity contribution in [3.05, 3.63) is 75.4 Å². The molecule has 3 amide bonds. The molecule has 138 valence electrons. The lowest BCUT2D eigenvalue weighted by Gasteiger charge is -2.39. The van der Waals surface area contributed by atoms with E-state index in [0.29, 0.717) is 35.5 Å². The fourth-order valence-electron chi connectivity index (χ4n) is 3.53. The van der Waals surface area contributed by atoms with E-state index in [9.17, 15) is 14.0 Å². The second kappa shape index (κ2) is 7.15. The molecule has 1 atom stereocenters. The van der Waals surface area contributed by atoms with E-state index in [0.717, 1.165) is 10.0 Å². The lowest BCUT2D eigenvalue weighted by molar-refractivity contribution is -0.118. The van der Waals surface area contributed by atoms with Crippen LogP contribution in [0, 0.1) is 0 Å². The highest BCUT2D eigenvalue weighted by atomic mass is 79.9. The van der Waals surface area contributed by atoms with E-state index in [1.807, 2.05) is 24.3 Å². The van der Waals surface area contributed by atoms with E-state index in [1.165, 1.54) is 4.90 Å². The van der Waals surface area contributed by atoms with E-state index in [1.54, 1.807) is 24.3 Å². The summed E-state index contributed by atoms with van der Waals surface area (Å²) >= 11 is 3.40. The third-order valence-corrected chi connectivity index (χ3v) is 5.29. The average molecular weight is 430 g/mol. The van der Waals surface area contributed by atoms with Crippen molar-refractivity contribution < 1.29 is 14.0 Å². The van der Waals surface area contributed by atoms with Gasteiger partial charge in [-0.1, -0.05) is 40.2 Å². The van der Waals surface area contributed by atoms with E-state index in [2.05, 4.69) is 26.6 Å². The summed E-state index contributed by atoms with van der Waals surface area (Å²) in [5, 5.41) is 5.78. The van der Waals surface area contributed by atoms with Gasteiger partial charge in [-0.3, -0.25) is 9.69 Å². The van der Waals surface area contributed by atoms with Crippen LogP contribution < -0.4 is 15.5 Å². The smallest absolute Gasteiger partial charge is 0.327 e. The number of alkyl halides is 1. The standard InChI is InChI=1S/C20H17BrFN3O2/c21-14-6-4-13(5-7-14)18-17-16(8-9-23-19(17)26)25(20(27)24-18)15-3-1-2-12(10-15)11-22/h1-7,10,18H,8-9,11H2,(H,23,26)(H,24,27). The van der Waals surface area contributed by atoms with Crippen LogP contribution >= 0.6 is 15.9 Å². The molecule has 0 spiro atoms. The van der Waals surface area contributed by atoms with Crippen molar-refractivity contribution in [3.8, 4) is 0 Å². The molecule has 5 nitrogen and oxygen atoms in total. The minimum atomic E-state index is -0.614. The van der Waals surface area contributed by atoms with E-state index < -0.39 is 12.7 Å². The van der Waals surface area contributed by atoms with Crippen LogP contribution in [0.3, 0.4) is 0 Å². The number of benzene rings is 2. The number of hydrogen-bond acceptors (Lipinski definition) is 2. The Morgan fingerprint density at radius 1 is 1.15 bits per heavy atom. The lowest BCUT2D eigenvalue weighted by atomic mass is 9.90. The molecule has 2 heterocycles. The number of carbonyl (C=O) groups excluding carboxylic acids is 2. The number of rotatable bonds is 3. The molecule has 0 aliphatic carbocycles. The number of amides is 3. The van der Waals surface area contributed by atoms with Gasteiger partial charge in [0.15, 0.2) is 0 Å². The first-order valence-electron chi connectivity index (χ1n) is 8.60. The van der Waals surface area contributed by atoms with Crippen LogP contribution in [0.25, 0.3) is 0 Å². The highest BCUT2D eigenvalue weighted by Gasteiger charge is 2.39. The van der Waals surface area contributed by atoms with Crippen molar-refractivity contribution in [2.75, 3.05) is 11.4 Å². The molecule has 0 saturated carbocycles. The fraction of sp³-hybridized carbons (Fsp3) is 0.200. The maximum atomic E-state index is 13.1. The first-order chi connectivity index (χ1) is 13.1. The van der Waals surface area contributed by atoms with Crippen molar-refractivity contribution in [1.29, 1.82) is 0 Å². The summed E-state index contributed by atoms with van der Waals surface area (Å²) in [5.74, 6) is -0.198. The molecule has 0 saturated heterocycles. The van der Waals surface area contributed by atoms with Crippen molar-refractivity contribution in [3.63, 3.8) is 0 Å². The third kappa shape index (κ3) is 3.23. The third-order valence-electron chi connectivity index (χ3n) is 4.76. The molecular weight excluding hydrogens is 413 g/mol. The molecule has 0 aromatic heterocycles. The fourth-order valence-corrected chi connectivity index (χ4v) is 3.79. The Morgan fingerprint density at radius 2 is 1.93 bits per heavy atom. The summed E-state index contributed by atoms with van der Waals surface area (Å²) in [6.45, 7) is -0.158. The van der Waals surface area contributed by atoms with Crippen LogP contribution in [0.4, 0.5) is 14.9 Å². The molecule has 7 heteroatoms. The summed E-state index contributed by atoms with van der Waals surface area (Å²) in [6, 6.07) is 13.4. The quantitative estimate of drug-likeness (QED) is 0.775. The number of hydrogen-bond donors (Lipinski definition) is 2. The lowest BCUT2D eigenvalue weighted by Crippen LogP contribution is -2.52. The van der Waals surface area contributed by atoms with Gasteiger partial charge in [0.2, 0.25) is 0 Å². The Balaban J connectivity index is 1.84. The van der Waals surface area contributed by atoms with Gasteiger partial charge in [0.25, 0.3) is 5.91 Å². The molecule has 27 heavy (non-hydrogen) atoms. The van der Waals surface area contributed by atoms with Gasteiger partial charge >= 0.3 is 6.03 Å². The summed E-state index contributed by atoms with van der Waals surface area (Å²) in [6.07, 6.45) is 0.529. The molecule has 2 aromatic carbocycles. The zero-order valence-electron chi connectivity index (χ0n) is 14.3. The van der Waals surface area contributed by atoms with Crippen molar-refractivity contribution in [2.45, 2.75) is 19.1 Å². The molecule has 2 aliphatic heterocycles. The van der Waals surface area contributed by atoms with Gasteiger partial charge in [0, 0.05) is 23.1 Å². The first-order valence-corrected chi connectivity index (χ1v) is 9.40. The van der Waals surface area contributed by atoms with Gasteiger partial charge in [0.1, 0.15) is 6.67 Å². The summed E-state index contributed by atoms with van der Waals surface area (Å²) in [5.41, 5.74) is 3.05. The van der Waals surface area contributed by atoms with Crippen LogP contribution in [-0.4, -0.2) is 18.5 Å². The summed E-state index contributed by atoms with van der Waals surface area (Å²) < 4.78 is 14.0. The monoisotopic (exact) mass is 429 g/mol. The minimum Gasteiger partial charge on any atom is -0.352 e. The predicted molar refractivity (Wildman–Crippen MR) is 104 cm³/mol. The number of anilines is 1. The molecule has 2 N–H and O–H groups in total. The number of halogens is 2. The highest BCUT2D eigenvalue weighted by molar-refractivity contribution is 9.10. The number of urea groups is 1. The zero-order chi connectivity index (χ0) is 19.0. The molecule has 4 rings (SSSR count). The number of nitrogens with zero attached hydrogens (tertiary/aromatic N) is 1. The topological polar surface area (TPSA) is 61.4 Å². The van der Waals surface area contributed by atoms with Gasteiger partial charge < -0.3 is 10.6 Å². The SMILES string of the molecule is O=C1NCCC2=C1C(c1ccc(Br)cc1)NC(=O)N2c1cccc(CF)c1. The van der Waals surface area contributed by atoms with Crippen molar-refractivity contribution in [1.82, 2.24) is 10.6 Å². The van der Waals surface area contributed by atoms with E-state index >= 15 is 0 Å². The molecule has 1 unspecified atom stereocenters. The van der Waals surface area contributed by atoms with Crippen LogP contribution in [-0.2, 0) is 11.5 Å². The van der Waals surface area contributed by atoms with Gasteiger partial charge in [-0.2, -0.15) is 0 Å². The van der Waals surface area contributed by atoms with Crippen molar-refractivity contribution in [2.24, 2.45) is 0 Å². The summed E-state index contributed by atoms with van der Waals surface area (Å²) in [4.78, 5) is 27.1. The van der Waals surface area contributed by atoms with Crippen LogP contribution in [0.1, 0.15) is 23.6 Å². The Hall–Kier alpha value is -2.67. The van der Waals surface area contributed by atoms with Gasteiger partial charge in [-0.15, -0.1) is 0 Å². The van der Waals surface area contributed by atoms with Crippen molar-refractivity contribution >= 4 is 33.6 Å². The number of nitrogens with one attached hydrogen (secondary N) is 2. The normalized spacial score (nSPS) is 19.5. The summed E-state index contributed by atoms with van der Waals surface area (Å²) in [7, 11) is 0. The molecule has 0 radical (unpaired) electrons. The predicted octanol–water partition coefficient (Wildman–Crippen LogP) is 3.96. The Labute approximate surface area is 164 Å².